The van der Waals surface area contributed by atoms with E-state index in [-0.39, 0.29) is 11.9 Å². The molecule has 0 unspecified atom stereocenters. The van der Waals surface area contributed by atoms with Gasteiger partial charge < -0.3 is 10.1 Å². The zero-order chi connectivity index (χ0) is 16.2. The molecule has 0 radical (unpaired) electrons. The number of amides is 1. The lowest BCUT2D eigenvalue weighted by Gasteiger charge is -2.26. The van der Waals surface area contributed by atoms with Crippen molar-refractivity contribution < 1.29 is 9.53 Å². The Labute approximate surface area is 136 Å². The molecule has 1 aromatic carbocycles. The van der Waals surface area contributed by atoms with Crippen molar-refractivity contribution in [3.05, 3.63) is 36.0 Å². The molecule has 0 spiro atoms. The van der Waals surface area contributed by atoms with Crippen LogP contribution in [-0.4, -0.2) is 29.3 Å². The lowest BCUT2D eigenvalue weighted by atomic mass is 9.87. The summed E-state index contributed by atoms with van der Waals surface area (Å²) >= 11 is 0. The second-order valence-electron chi connectivity index (χ2n) is 6.33. The Morgan fingerprint density at radius 1 is 1.22 bits per heavy atom. The molecule has 122 valence electrons. The Bertz CT molecular complexity index is 655. The van der Waals surface area contributed by atoms with Gasteiger partial charge in [0.25, 0.3) is 5.91 Å². The molecule has 0 bridgehead atoms. The molecule has 2 N–H and O–H groups in total. The van der Waals surface area contributed by atoms with Crippen LogP contribution in [0.1, 0.15) is 43.1 Å². The maximum absolute atomic E-state index is 12.3. The molecule has 1 fully saturated rings. The summed E-state index contributed by atoms with van der Waals surface area (Å²) in [7, 11) is 1.64. The zero-order valence-electron chi connectivity index (χ0n) is 13.6. The van der Waals surface area contributed by atoms with Crippen molar-refractivity contribution in [3.8, 4) is 17.0 Å². The predicted molar refractivity (Wildman–Crippen MR) is 89.5 cm³/mol. The fourth-order valence-corrected chi connectivity index (χ4v) is 3.02. The Morgan fingerprint density at radius 2 is 1.91 bits per heavy atom. The second-order valence-corrected chi connectivity index (χ2v) is 6.33. The molecule has 5 nitrogen and oxygen atoms in total. The summed E-state index contributed by atoms with van der Waals surface area (Å²) in [6.45, 7) is 2.27. The van der Waals surface area contributed by atoms with Gasteiger partial charge in [0, 0.05) is 11.6 Å². The van der Waals surface area contributed by atoms with E-state index in [4.69, 9.17) is 4.74 Å². The molecule has 1 heterocycles. The first-order chi connectivity index (χ1) is 11.2. The summed E-state index contributed by atoms with van der Waals surface area (Å²) in [4.78, 5) is 12.3. The van der Waals surface area contributed by atoms with Gasteiger partial charge in [-0.3, -0.25) is 9.89 Å². The number of aromatic amines is 1. The molecule has 1 aliphatic rings. The summed E-state index contributed by atoms with van der Waals surface area (Å²) in [6, 6.07) is 9.70. The van der Waals surface area contributed by atoms with Gasteiger partial charge >= 0.3 is 0 Å². The third-order valence-electron chi connectivity index (χ3n) is 4.56. The summed E-state index contributed by atoms with van der Waals surface area (Å²) in [5.41, 5.74) is 2.22. The lowest BCUT2D eigenvalue weighted by Crippen LogP contribution is -2.37. The average molecular weight is 313 g/mol. The first kappa shape index (κ1) is 15.6. The fourth-order valence-electron chi connectivity index (χ4n) is 3.02. The molecule has 0 atom stereocenters. The highest BCUT2D eigenvalue weighted by Crippen LogP contribution is 2.24. The van der Waals surface area contributed by atoms with Gasteiger partial charge in [-0.1, -0.05) is 6.92 Å². The van der Waals surface area contributed by atoms with E-state index < -0.39 is 0 Å². The normalized spacial score (nSPS) is 21.0. The van der Waals surface area contributed by atoms with E-state index in [9.17, 15) is 4.79 Å². The second kappa shape index (κ2) is 6.86. The number of H-pyrrole nitrogens is 1. The predicted octanol–water partition coefficient (Wildman–Crippen LogP) is 3.39. The van der Waals surface area contributed by atoms with Gasteiger partial charge in [0.2, 0.25) is 0 Å². The SMILES string of the molecule is COc1ccc(-c2cc(C(=O)NC3CCC(C)CC3)[nH]n2)cc1. The van der Waals surface area contributed by atoms with Gasteiger partial charge in [-0.25, -0.2) is 0 Å². The molecule has 23 heavy (non-hydrogen) atoms. The minimum atomic E-state index is -0.0724. The smallest absolute Gasteiger partial charge is 0.269 e. The molecule has 0 saturated heterocycles. The van der Waals surface area contributed by atoms with E-state index in [0.29, 0.717) is 5.69 Å². The third kappa shape index (κ3) is 3.73. The summed E-state index contributed by atoms with van der Waals surface area (Å²) in [6.07, 6.45) is 4.49. The average Bonchev–Trinajstić information content (AvgIpc) is 3.07. The summed E-state index contributed by atoms with van der Waals surface area (Å²) in [5, 5.41) is 10.2. The molecular weight excluding hydrogens is 290 g/mol. The number of carbonyl (C=O) groups excluding carboxylic acids is 1. The number of nitrogens with one attached hydrogen (secondary N) is 2. The van der Waals surface area contributed by atoms with Crippen molar-refractivity contribution in [3.63, 3.8) is 0 Å². The number of hydrogen-bond acceptors (Lipinski definition) is 3. The van der Waals surface area contributed by atoms with Gasteiger partial charge in [-0.05, 0) is 61.9 Å². The first-order valence-corrected chi connectivity index (χ1v) is 8.16. The first-order valence-electron chi connectivity index (χ1n) is 8.16. The minimum absolute atomic E-state index is 0.0724. The lowest BCUT2D eigenvalue weighted by molar-refractivity contribution is 0.0918. The van der Waals surface area contributed by atoms with Crippen molar-refractivity contribution in [1.29, 1.82) is 0 Å². The van der Waals surface area contributed by atoms with Gasteiger partial charge in [-0.2, -0.15) is 5.10 Å². The number of methoxy groups -OCH3 is 1. The molecule has 1 aliphatic carbocycles. The Balaban J connectivity index is 1.64. The maximum atomic E-state index is 12.3. The van der Waals surface area contributed by atoms with Gasteiger partial charge in [0.1, 0.15) is 11.4 Å². The Morgan fingerprint density at radius 3 is 2.57 bits per heavy atom. The molecule has 1 aromatic heterocycles. The van der Waals surface area contributed by atoms with Gasteiger partial charge in [0.05, 0.1) is 12.8 Å². The maximum Gasteiger partial charge on any atom is 0.269 e. The number of nitrogens with zero attached hydrogens (tertiary/aromatic N) is 1. The highest BCUT2D eigenvalue weighted by Gasteiger charge is 2.21. The molecular formula is C18H23N3O2. The van der Waals surface area contributed by atoms with Crippen LogP contribution in [0, 0.1) is 5.92 Å². The van der Waals surface area contributed by atoms with Crippen molar-refractivity contribution in [1.82, 2.24) is 15.5 Å². The largest absolute Gasteiger partial charge is 0.497 e. The molecule has 2 aromatic rings. The van der Waals surface area contributed by atoms with Gasteiger partial charge in [-0.15, -0.1) is 0 Å². The molecule has 5 heteroatoms. The van der Waals surface area contributed by atoms with Crippen LogP contribution in [0.4, 0.5) is 0 Å². The highest BCUT2D eigenvalue weighted by atomic mass is 16.5. The number of aromatic nitrogens is 2. The molecule has 1 amide bonds. The number of hydrogen-bond donors (Lipinski definition) is 2. The minimum Gasteiger partial charge on any atom is -0.497 e. The number of rotatable bonds is 4. The summed E-state index contributed by atoms with van der Waals surface area (Å²) < 4.78 is 5.15. The van der Waals surface area contributed by atoms with E-state index >= 15 is 0 Å². The van der Waals surface area contributed by atoms with Crippen LogP contribution in [0.2, 0.25) is 0 Å². The molecule has 0 aliphatic heterocycles. The van der Waals surface area contributed by atoms with Crippen molar-refractivity contribution in [2.75, 3.05) is 7.11 Å². The molecule has 3 rings (SSSR count). The Kier molecular flexibility index (Phi) is 4.65. The van der Waals surface area contributed by atoms with E-state index in [1.807, 2.05) is 24.3 Å². The van der Waals surface area contributed by atoms with Crippen molar-refractivity contribution in [2.24, 2.45) is 5.92 Å². The van der Waals surface area contributed by atoms with E-state index in [0.717, 1.165) is 35.8 Å². The van der Waals surface area contributed by atoms with Crippen LogP contribution < -0.4 is 10.1 Å². The monoisotopic (exact) mass is 313 g/mol. The zero-order valence-corrected chi connectivity index (χ0v) is 13.6. The van der Waals surface area contributed by atoms with Crippen LogP contribution in [0.15, 0.2) is 30.3 Å². The van der Waals surface area contributed by atoms with Crippen LogP contribution in [0.5, 0.6) is 5.75 Å². The van der Waals surface area contributed by atoms with Gasteiger partial charge in [0.15, 0.2) is 0 Å². The topological polar surface area (TPSA) is 67.0 Å². The van der Waals surface area contributed by atoms with Crippen LogP contribution in [0.25, 0.3) is 11.3 Å². The van der Waals surface area contributed by atoms with Crippen LogP contribution in [0.3, 0.4) is 0 Å². The Hall–Kier alpha value is -2.30. The van der Waals surface area contributed by atoms with E-state index in [2.05, 4.69) is 22.4 Å². The molecule has 1 saturated carbocycles. The van der Waals surface area contributed by atoms with Crippen molar-refractivity contribution >= 4 is 5.91 Å². The number of ether oxygens (including phenoxy) is 1. The summed E-state index contributed by atoms with van der Waals surface area (Å²) in [5.74, 6) is 1.50. The quantitative estimate of drug-likeness (QED) is 0.909. The van der Waals surface area contributed by atoms with Crippen molar-refractivity contribution in [2.45, 2.75) is 38.6 Å². The fraction of sp³-hybridized carbons (Fsp3) is 0.444. The van der Waals surface area contributed by atoms with E-state index in [1.54, 1.807) is 13.2 Å². The van der Waals surface area contributed by atoms with Crippen LogP contribution in [-0.2, 0) is 0 Å². The number of carbonyl (C=O) groups is 1. The third-order valence-corrected chi connectivity index (χ3v) is 4.56. The van der Waals surface area contributed by atoms with Crippen LogP contribution >= 0.6 is 0 Å². The van der Waals surface area contributed by atoms with E-state index in [1.165, 1.54) is 12.8 Å². The highest BCUT2D eigenvalue weighted by molar-refractivity contribution is 5.93. The standard InChI is InChI=1S/C18H23N3O2/c1-12-3-7-14(8-4-12)19-18(22)17-11-16(20-21-17)13-5-9-15(23-2)10-6-13/h5-6,9-12,14H,3-4,7-8H2,1-2H3,(H,19,22)(H,20,21). The number of benzene rings is 1.